The average molecular weight is 375 g/mol. The second-order valence-electron chi connectivity index (χ2n) is 6.38. The molecule has 0 aliphatic rings. The van der Waals surface area contributed by atoms with Crippen molar-refractivity contribution in [2.75, 3.05) is 13.7 Å². The second kappa shape index (κ2) is 9.39. The fourth-order valence-electron chi connectivity index (χ4n) is 2.58. The van der Waals surface area contributed by atoms with Gasteiger partial charge in [0.2, 0.25) is 0 Å². The van der Waals surface area contributed by atoms with Crippen LogP contribution >= 0.6 is 11.6 Å². The maximum Gasteiger partial charge on any atom is 0.321 e. The predicted octanol–water partition coefficient (Wildman–Crippen LogP) is 4.90. The highest BCUT2D eigenvalue weighted by molar-refractivity contribution is 6.35. The van der Waals surface area contributed by atoms with Gasteiger partial charge in [-0.25, -0.2) is 0 Å². The highest BCUT2D eigenvalue weighted by atomic mass is 35.5. The first-order chi connectivity index (χ1) is 12.5. The summed E-state index contributed by atoms with van der Waals surface area (Å²) in [7, 11) is 1.46. The summed E-state index contributed by atoms with van der Waals surface area (Å²) in [5, 5.41) is 0.241. The molecule has 0 aliphatic heterocycles. The number of esters is 1. The molecule has 0 aliphatic carbocycles. The minimum Gasteiger partial charge on any atom is -0.496 e. The Hall–Kier alpha value is -2.33. The van der Waals surface area contributed by atoms with Crippen molar-refractivity contribution in [3.05, 3.63) is 64.7 Å². The molecule has 0 N–H and O–H groups in total. The molecule has 0 saturated heterocycles. The van der Waals surface area contributed by atoms with Crippen LogP contribution in [0.3, 0.4) is 0 Å². The third kappa shape index (κ3) is 4.85. The topological polar surface area (TPSA) is 52.6 Å². The minimum atomic E-state index is -1.09. The van der Waals surface area contributed by atoms with Crippen molar-refractivity contribution in [1.29, 1.82) is 0 Å². The molecule has 0 saturated carbocycles. The van der Waals surface area contributed by atoms with Crippen LogP contribution in [-0.4, -0.2) is 25.5 Å². The number of benzene rings is 2. The maximum absolute atomic E-state index is 13.2. The molecule has 2 aromatic carbocycles. The molecule has 0 spiro atoms. The third-order valence-corrected chi connectivity index (χ3v) is 4.33. The molecule has 4 nitrogen and oxygen atoms in total. The van der Waals surface area contributed by atoms with Gasteiger partial charge in [-0.2, -0.15) is 0 Å². The highest BCUT2D eigenvalue weighted by Crippen LogP contribution is 2.32. The standard InChI is InChI=1S/C21H23ClO4/c1-14(2)12-13-26-21(24)18(15-8-5-4-6-9-15)20(23)19-16(22)10-7-11-17(19)25-3/h4-11,14,18H,12-13H2,1-3H3. The van der Waals surface area contributed by atoms with E-state index in [4.69, 9.17) is 21.1 Å². The molecule has 0 amide bonds. The highest BCUT2D eigenvalue weighted by Gasteiger charge is 2.33. The van der Waals surface area contributed by atoms with E-state index in [2.05, 4.69) is 0 Å². The van der Waals surface area contributed by atoms with Gasteiger partial charge in [-0.1, -0.05) is 61.8 Å². The summed E-state index contributed by atoms with van der Waals surface area (Å²) in [5.74, 6) is -1.37. The van der Waals surface area contributed by atoms with Gasteiger partial charge in [-0.3, -0.25) is 9.59 Å². The molecule has 5 heteroatoms. The molecule has 26 heavy (non-hydrogen) atoms. The molecule has 0 heterocycles. The van der Waals surface area contributed by atoms with Crippen LogP contribution in [0.2, 0.25) is 5.02 Å². The van der Waals surface area contributed by atoms with Gasteiger partial charge in [-0.05, 0) is 30.0 Å². The van der Waals surface area contributed by atoms with Crippen LogP contribution in [0.5, 0.6) is 5.75 Å². The lowest BCUT2D eigenvalue weighted by molar-refractivity contribution is -0.144. The van der Waals surface area contributed by atoms with Crippen molar-refractivity contribution in [1.82, 2.24) is 0 Å². The van der Waals surface area contributed by atoms with Crippen LogP contribution in [0, 0.1) is 5.92 Å². The van der Waals surface area contributed by atoms with E-state index in [1.807, 2.05) is 19.9 Å². The number of Topliss-reactive ketones (excluding diaryl/α,β-unsaturated/α-hetero) is 1. The number of halogens is 1. The zero-order valence-electron chi connectivity index (χ0n) is 15.2. The number of ketones is 1. The molecule has 2 aromatic rings. The van der Waals surface area contributed by atoms with Crippen molar-refractivity contribution in [3.8, 4) is 5.75 Å². The summed E-state index contributed by atoms with van der Waals surface area (Å²) in [6.07, 6.45) is 0.733. The zero-order valence-corrected chi connectivity index (χ0v) is 16.0. The van der Waals surface area contributed by atoms with Gasteiger partial charge in [-0.15, -0.1) is 0 Å². The molecule has 0 aromatic heterocycles. The van der Waals surface area contributed by atoms with Crippen LogP contribution in [0.25, 0.3) is 0 Å². The monoisotopic (exact) mass is 374 g/mol. The number of rotatable bonds is 8. The van der Waals surface area contributed by atoms with Crippen LogP contribution in [0.15, 0.2) is 48.5 Å². The summed E-state index contributed by atoms with van der Waals surface area (Å²) >= 11 is 6.23. The maximum atomic E-state index is 13.2. The summed E-state index contributed by atoms with van der Waals surface area (Å²) in [6.45, 7) is 4.36. The lowest BCUT2D eigenvalue weighted by Crippen LogP contribution is -2.25. The van der Waals surface area contributed by atoms with Crippen molar-refractivity contribution >= 4 is 23.4 Å². The molecule has 138 valence electrons. The summed E-state index contributed by atoms with van der Waals surface area (Å²) in [5.41, 5.74) is 0.750. The lowest BCUT2D eigenvalue weighted by atomic mass is 9.90. The molecular formula is C21H23ClO4. The van der Waals surface area contributed by atoms with Crippen molar-refractivity contribution < 1.29 is 19.1 Å². The SMILES string of the molecule is COc1cccc(Cl)c1C(=O)C(C(=O)OCCC(C)C)c1ccccc1. The summed E-state index contributed by atoms with van der Waals surface area (Å²) in [6, 6.07) is 13.8. The van der Waals surface area contributed by atoms with E-state index in [0.29, 0.717) is 17.2 Å². The molecule has 1 unspecified atom stereocenters. The van der Waals surface area contributed by atoms with Crippen molar-refractivity contribution in [2.45, 2.75) is 26.2 Å². The van der Waals surface area contributed by atoms with Gasteiger partial charge in [0, 0.05) is 0 Å². The van der Waals surface area contributed by atoms with E-state index < -0.39 is 17.7 Å². The Bertz CT molecular complexity index is 756. The Labute approximate surface area is 159 Å². The number of hydrogen-bond donors (Lipinski definition) is 0. The summed E-state index contributed by atoms with van der Waals surface area (Å²) in [4.78, 5) is 25.9. The Balaban J connectivity index is 2.38. The quantitative estimate of drug-likeness (QED) is 0.374. The molecule has 0 bridgehead atoms. The Kier molecular flexibility index (Phi) is 7.22. The Morgan fingerprint density at radius 3 is 2.35 bits per heavy atom. The molecule has 1 atom stereocenters. The third-order valence-electron chi connectivity index (χ3n) is 4.01. The fraction of sp³-hybridized carbons (Fsp3) is 0.333. The van der Waals surface area contributed by atoms with Gasteiger partial charge in [0.15, 0.2) is 5.78 Å². The van der Waals surface area contributed by atoms with Gasteiger partial charge >= 0.3 is 5.97 Å². The second-order valence-corrected chi connectivity index (χ2v) is 6.78. The van der Waals surface area contributed by atoms with Gasteiger partial charge in [0.25, 0.3) is 0 Å². The van der Waals surface area contributed by atoms with Gasteiger partial charge in [0.1, 0.15) is 11.7 Å². The minimum absolute atomic E-state index is 0.186. The first-order valence-corrected chi connectivity index (χ1v) is 8.91. The van der Waals surface area contributed by atoms with Crippen LogP contribution in [0.1, 0.15) is 42.1 Å². The molecule has 0 radical (unpaired) electrons. The van der Waals surface area contributed by atoms with Crippen LogP contribution in [0.4, 0.5) is 0 Å². The number of hydrogen-bond acceptors (Lipinski definition) is 4. The van der Waals surface area contributed by atoms with E-state index in [-0.39, 0.29) is 17.2 Å². The molecular weight excluding hydrogens is 352 g/mol. The number of carbonyl (C=O) groups is 2. The first kappa shape index (κ1) is 20.0. The smallest absolute Gasteiger partial charge is 0.321 e. The largest absolute Gasteiger partial charge is 0.496 e. The van der Waals surface area contributed by atoms with E-state index in [1.54, 1.807) is 42.5 Å². The van der Waals surface area contributed by atoms with E-state index >= 15 is 0 Å². The zero-order chi connectivity index (χ0) is 19.1. The summed E-state index contributed by atoms with van der Waals surface area (Å²) < 4.78 is 10.7. The van der Waals surface area contributed by atoms with Crippen LogP contribution in [-0.2, 0) is 9.53 Å². The number of carbonyl (C=O) groups excluding carboxylic acids is 2. The van der Waals surface area contributed by atoms with Crippen molar-refractivity contribution in [2.24, 2.45) is 5.92 Å². The normalized spacial score (nSPS) is 11.9. The predicted molar refractivity (Wildman–Crippen MR) is 102 cm³/mol. The Morgan fingerprint density at radius 2 is 1.73 bits per heavy atom. The fourth-order valence-corrected chi connectivity index (χ4v) is 2.84. The van der Waals surface area contributed by atoms with Crippen LogP contribution < -0.4 is 4.74 Å². The molecule has 0 fully saturated rings. The van der Waals surface area contributed by atoms with Crippen molar-refractivity contribution in [3.63, 3.8) is 0 Å². The van der Waals surface area contributed by atoms with E-state index in [9.17, 15) is 9.59 Å². The number of methoxy groups -OCH3 is 1. The Morgan fingerprint density at radius 1 is 1.04 bits per heavy atom. The first-order valence-electron chi connectivity index (χ1n) is 8.54. The van der Waals surface area contributed by atoms with E-state index in [0.717, 1.165) is 6.42 Å². The number of ether oxygens (including phenoxy) is 2. The van der Waals surface area contributed by atoms with Gasteiger partial charge in [0.05, 0.1) is 24.3 Å². The average Bonchev–Trinajstić information content (AvgIpc) is 2.62. The van der Waals surface area contributed by atoms with Gasteiger partial charge < -0.3 is 9.47 Å². The lowest BCUT2D eigenvalue weighted by Gasteiger charge is -2.18. The van der Waals surface area contributed by atoms with E-state index in [1.165, 1.54) is 7.11 Å². The molecule has 2 rings (SSSR count).